The van der Waals surface area contributed by atoms with Crippen molar-refractivity contribution in [2.45, 2.75) is 17.7 Å². The van der Waals surface area contributed by atoms with E-state index < -0.39 is 30.5 Å². The van der Waals surface area contributed by atoms with Gasteiger partial charge in [0.05, 0.1) is 24.2 Å². The highest BCUT2D eigenvalue weighted by molar-refractivity contribution is 8.00. The van der Waals surface area contributed by atoms with Crippen molar-refractivity contribution in [2.24, 2.45) is 21.6 Å². The van der Waals surface area contributed by atoms with Gasteiger partial charge in [-0.1, -0.05) is 0 Å². The largest absolute Gasteiger partial charge is 0.481 e. The Balaban J connectivity index is 2.71. The summed E-state index contributed by atoms with van der Waals surface area (Å²) < 4.78 is 0. The SMILES string of the molecule is NC=NCCSC1CC(C(CO)C(=O)O)N=C1C(=O)O. The van der Waals surface area contributed by atoms with E-state index in [0.29, 0.717) is 12.3 Å². The Labute approximate surface area is 119 Å². The number of rotatable bonds is 8. The van der Waals surface area contributed by atoms with E-state index in [1.54, 1.807) is 0 Å². The van der Waals surface area contributed by atoms with E-state index in [0.717, 1.165) is 0 Å². The number of aliphatic imine (C=N–C) groups is 2. The molecule has 1 rings (SSSR count). The molecule has 0 aromatic carbocycles. The third-order valence-corrected chi connectivity index (χ3v) is 4.14. The average molecular weight is 303 g/mol. The number of hydrogen-bond donors (Lipinski definition) is 4. The van der Waals surface area contributed by atoms with Gasteiger partial charge in [0, 0.05) is 12.3 Å². The third-order valence-electron chi connectivity index (χ3n) is 2.91. The van der Waals surface area contributed by atoms with Gasteiger partial charge >= 0.3 is 11.9 Å². The highest BCUT2D eigenvalue weighted by atomic mass is 32.2. The van der Waals surface area contributed by atoms with Crippen LogP contribution in [0.25, 0.3) is 0 Å². The minimum absolute atomic E-state index is 0.0450. The van der Waals surface area contributed by atoms with E-state index in [1.165, 1.54) is 18.1 Å². The van der Waals surface area contributed by atoms with Gasteiger partial charge in [-0.15, -0.1) is 11.8 Å². The minimum Gasteiger partial charge on any atom is -0.481 e. The van der Waals surface area contributed by atoms with Gasteiger partial charge in [-0.3, -0.25) is 14.8 Å². The maximum atomic E-state index is 11.1. The summed E-state index contributed by atoms with van der Waals surface area (Å²) in [5, 5.41) is 26.8. The van der Waals surface area contributed by atoms with Crippen molar-refractivity contribution in [3.05, 3.63) is 0 Å². The normalized spacial score (nSPS) is 23.8. The van der Waals surface area contributed by atoms with Crippen LogP contribution in [0.3, 0.4) is 0 Å². The molecule has 3 atom stereocenters. The second-order valence-electron chi connectivity index (χ2n) is 4.16. The molecule has 112 valence electrons. The van der Waals surface area contributed by atoms with Crippen molar-refractivity contribution >= 4 is 35.8 Å². The summed E-state index contributed by atoms with van der Waals surface area (Å²) in [6, 6.07) is -0.709. The van der Waals surface area contributed by atoms with Crippen molar-refractivity contribution in [1.82, 2.24) is 0 Å². The van der Waals surface area contributed by atoms with Crippen molar-refractivity contribution in [1.29, 1.82) is 0 Å². The molecular formula is C11H17N3O5S. The highest BCUT2D eigenvalue weighted by Gasteiger charge is 2.39. The summed E-state index contributed by atoms with van der Waals surface area (Å²) >= 11 is 1.35. The number of thioether (sulfide) groups is 1. The van der Waals surface area contributed by atoms with Crippen molar-refractivity contribution in [3.8, 4) is 0 Å². The van der Waals surface area contributed by atoms with Crippen LogP contribution in [0.2, 0.25) is 0 Å². The van der Waals surface area contributed by atoms with Crippen LogP contribution < -0.4 is 5.73 Å². The summed E-state index contributed by atoms with van der Waals surface area (Å²) in [6.45, 7) is -0.108. The molecule has 8 nitrogen and oxygen atoms in total. The first kappa shape index (κ1) is 16.4. The zero-order valence-corrected chi connectivity index (χ0v) is 11.5. The Hall–Kier alpha value is -1.61. The van der Waals surface area contributed by atoms with Gasteiger partial charge in [-0.05, 0) is 6.42 Å². The fourth-order valence-electron chi connectivity index (χ4n) is 1.93. The fraction of sp³-hybridized carbons (Fsp3) is 0.636. The number of aliphatic hydroxyl groups is 1. The summed E-state index contributed by atoms with van der Waals surface area (Å²) in [5.74, 6) is -2.84. The first-order valence-electron chi connectivity index (χ1n) is 5.97. The predicted octanol–water partition coefficient (Wildman–Crippen LogP) is -0.934. The van der Waals surface area contributed by atoms with Gasteiger partial charge in [0.1, 0.15) is 11.6 Å². The summed E-state index contributed by atoms with van der Waals surface area (Å²) in [5.41, 5.74) is 5.05. The molecule has 0 radical (unpaired) electrons. The zero-order valence-electron chi connectivity index (χ0n) is 10.7. The first-order valence-corrected chi connectivity index (χ1v) is 7.02. The average Bonchev–Trinajstić information content (AvgIpc) is 2.79. The van der Waals surface area contributed by atoms with E-state index in [9.17, 15) is 9.59 Å². The van der Waals surface area contributed by atoms with E-state index in [-0.39, 0.29) is 17.4 Å². The molecule has 0 amide bonds. The molecule has 0 aromatic heterocycles. The molecule has 0 bridgehead atoms. The van der Waals surface area contributed by atoms with Crippen LogP contribution >= 0.6 is 11.8 Å². The van der Waals surface area contributed by atoms with Crippen LogP contribution in [0.5, 0.6) is 0 Å². The second kappa shape index (κ2) is 7.85. The Morgan fingerprint density at radius 2 is 2.25 bits per heavy atom. The van der Waals surface area contributed by atoms with Crippen molar-refractivity contribution in [2.75, 3.05) is 18.9 Å². The molecule has 1 heterocycles. The maximum Gasteiger partial charge on any atom is 0.350 e. The number of carbonyl (C=O) groups is 2. The lowest BCUT2D eigenvalue weighted by Gasteiger charge is -2.15. The van der Waals surface area contributed by atoms with E-state index in [1.807, 2.05) is 0 Å². The molecule has 3 unspecified atom stereocenters. The van der Waals surface area contributed by atoms with Crippen LogP contribution in [0.1, 0.15) is 6.42 Å². The number of aliphatic hydroxyl groups excluding tert-OH is 1. The Kier molecular flexibility index (Phi) is 6.46. The van der Waals surface area contributed by atoms with Crippen LogP contribution in [0.15, 0.2) is 9.98 Å². The van der Waals surface area contributed by atoms with Crippen molar-refractivity contribution in [3.63, 3.8) is 0 Å². The number of aliphatic carboxylic acids is 2. The summed E-state index contributed by atoms with van der Waals surface area (Å²) in [6.07, 6.45) is 1.46. The van der Waals surface area contributed by atoms with E-state index in [2.05, 4.69) is 9.98 Å². The molecule has 9 heteroatoms. The topological polar surface area (TPSA) is 146 Å². The van der Waals surface area contributed by atoms with Gasteiger partial charge < -0.3 is 21.1 Å². The first-order chi connectivity index (χ1) is 9.51. The molecular weight excluding hydrogens is 286 g/mol. The summed E-state index contributed by atoms with van der Waals surface area (Å²) in [4.78, 5) is 29.9. The Bertz CT molecular complexity index is 426. The molecule has 1 aliphatic rings. The smallest absolute Gasteiger partial charge is 0.350 e. The minimum atomic E-state index is -1.18. The van der Waals surface area contributed by atoms with Gasteiger partial charge in [0.15, 0.2) is 0 Å². The lowest BCUT2D eigenvalue weighted by Crippen LogP contribution is -2.29. The molecule has 5 N–H and O–H groups in total. The number of nitrogens with two attached hydrogens (primary N) is 1. The molecule has 0 spiro atoms. The maximum absolute atomic E-state index is 11.1. The number of hydrogen-bond acceptors (Lipinski definition) is 6. The molecule has 0 saturated heterocycles. The van der Waals surface area contributed by atoms with E-state index >= 15 is 0 Å². The number of nitrogens with zero attached hydrogens (tertiary/aromatic N) is 2. The van der Waals surface area contributed by atoms with Gasteiger partial charge in [-0.2, -0.15) is 0 Å². The fourth-order valence-corrected chi connectivity index (χ4v) is 3.07. The van der Waals surface area contributed by atoms with Crippen molar-refractivity contribution < 1.29 is 24.9 Å². The third kappa shape index (κ3) is 4.20. The molecule has 1 aliphatic heterocycles. The number of carboxylic acids is 2. The molecule has 0 aromatic rings. The van der Waals surface area contributed by atoms with Gasteiger partial charge in [0.2, 0.25) is 0 Å². The molecule has 0 aliphatic carbocycles. The van der Waals surface area contributed by atoms with E-state index in [4.69, 9.17) is 21.1 Å². The Morgan fingerprint density at radius 3 is 2.75 bits per heavy atom. The molecule has 0 fully saturated rings. The van der Waals surface area contributed by atoms with Gasteiger partial charge in [0.25, 0.3) is 0 Å². The quantitative estimate of drug-likeness (QED) is 0.257. The van der Waals surface area contributed by atoms with Gasteiger partial charge in [-0.25, -0.2) is 4.79 Å². The highest BCUT2D eigenvalue weighted by Crippen LogP contribution is 2.29. The van der Waals surface area contributed by atoms with Crippen LogP contribution in [-0.4, -0.2) is 69.5 Å². The second-order valence-corrected chi connectivity index (χ2v) is 5.48. The van der Waals surface area contributed by atoms with Crippen LogP contribution in [-0.2, 0) is 9.59 Å². The van der Waals surface area contributed by atoms with Crippen LogP contribution in [0.4, 0.5) is 0 Å². The standard InChI is InChI=1S/C11H17N3O5S/c12-5-13-1-2-20-8-3-7(6(4-15)10(16)17)14-9(8)11(18)19/h5-8,15H,1-4H2,(H2,12,13)(H,16,17)(H,18,19). The molecule has 20 heavy (non-hydrogen) atoms. The lowest BCUT2D eigenvalue weighted by atomic mass is 9.99. The Morgan fingerprint density at radius 1 is 1.55 bits per heavy atom. The number of carboxylic acid groups (broad SMARTS) is 2. The lowest BCUT2D eigenvalue weighted by molar-refractivity contribution is -0.143. The molecule has 0 saturated carbocycles. The van der Waals surface area contributed by atoms with Crippen LogP contribution in [0, 0.1) is 5.92 Å². The zero-order chi connectivity index (χ0) is 15.1. The monoisotopic (exact) mass is 303 g/mol. The summed E-state index contributed by atoms with van der Waals surface area (Å²) in [7, 11) is 0. The predicted molar refractivity (Wildman–Crippen MR) is 75.5 cm³/mol.